The molecule has 30 heavy (non-hydrogen) atoms. The number of hydrogen-bond acceptors (Lipinski definition) is 6. The normalized spacial score (nSPS) is 22.8. The lowest BCUT2D eigenvalue weighted by atomic mass is 9.95. The molecule has 2 atom stereocenters. The van der Waals surface area contributed by atoms with Crippen molar-refractivity contribution in [2.45, 2.75) is 61.9 Å². The van der Waals surface area contributed by atoms with Gasteiger partial charge in [-0.2, -0.15) is 5.26 Å². The van der Waals surface area contributed by atoms with Crippen LogP contribution in [0.25, 0.3) is 0 Å². The van der Waals surface area contributed by atoms with E-state index in [9.17, 15) is 18.0 Å². The maximum absolute atomic E-state index is 13.2. The summed E-state index contributed by atoms with van der Waals surface area (Å²) in [4.78, 5) is 26.5. The van der Waals surface area contributed by atoms with Gasteiger partial charge < -0.3 is 15.0 Å². The predicted octanol–water partition coefficient (Wildman–Crippen LogP) is 2.87. The average Bonchev–Trinajstić information content (AvgIpc) is 3.30. The largest absolute Gasteiger partial charge is 0.425 e. The van der Waals surface area contributed by atoms with Crippen LogP contribution >= 0.6 is 11.6 Å². The zero-order chi connectivity index (χ0) is 22.3. The number of alkyl carbamates (subject to hydrolysis) is 1. The van der Waals surface area contributed by atoms with E-state index in [1.807, 2.05) is 6.07 Å². The Morgan fingerprint density at radius 2 is 1.93 bits per heavy atom. The van der Waals surface area contributed by atoms with Crippen molar-refractivity contribution >= 4 is 33.4 Å². The highest BCUT2D eigenvalue weighted by Crippen LogP contribution is 2.36. The summed E-state index contributed by atoms with van der Waals surface area (Å²) >= 11 is 6.09. The Bertz CT molecular complexity index is 1010. The average molecular weight is 454 g/mol. The number of nitriles is 1. The molecule has 1 aromatic carbocycles. The fourth-order valence-electron chi connectivity index (χ4n) is 3.34. The molecular formula is C20H24ClN3O5S. The van der Waals surface area contributed by atoms with Crippen LogP contribution in [0.4, 0.5) is 4.79 Å². The van der Waals surface area contributed by atoms with Gasteiger partial charge in [0.15, 0.2) is 16.1 Å². The summed E-state index contributed by atoms with van der Waals surface area (Å²) in [7, 11) is -3.87. The van der Waals surface area contributed by atoms with Crippen molar-refractivity contribution in [1.82, 2.24) is 10.2 Å². The minimum atomic E-state index is -3.87. The summed E-state index contributed by atoms with van der Waals surface area (Å²) in [6, 6.07) is 8.13. The number of hydrogen-bond donors (Lipinski definition) is 1. The summed E-state index contributed by atoms with van der Waals surface area (Å²) in [6.07, 6.45) is -0.938. The monoisotopic (exact) mass is 453 g/mol. The highest BCUT2D eigenvalue weighted by Gasteiger charge is 2.49. The first-order chi connectivity index (χ1) is 13.9. The number of carbonyl (C=O) groups excluding carboxylic acids is 2. The van der Waals surface area contributed by atoms with E-state index < -0.39 is 38.4 Å². The number of sulfone groups is 1. The SMILES string of the molecule is CC(C)(C)C(=O)N1C[C@H](S(=O)(=O)c2ccccc2Cl)C[C@@H]1OC(=O)NC1(C#N)CC1. The van der Waals surface area contributed by atoms with Crippen LogP contribution in [0.1, 0.15) is 40.0 Å². The number of benzene rings is 1. The zero-order valence-electron chi connectivity index (χ0n) is 17.0. The highest BCUT2D eigenvalue weighted by atomic mass is 35.5. The van der Waals surface area contributed by atoms with E-state index in [2.05, 4.69) is 5.32 Å². The van der Waals surface area contributed by atoms with Crippen LogP contribution in [0.5, 0.6) is 0 Å². The van der Waals surface area contributed by atoms with Crippen molar-refractivity contribution in [3.8, 4) is 6.07 Å². The molecule has 1 heterocycles. The molecule has 8 nitrogen and oxygen atoms in total. The molecule has 162 valence electrons. The molecule has 0 radical (unpaired) electrons. The third-order valence-electron chi connectivity index (χ3n) is 5.25. The molecule has 0 spiro atoms. The third kappa shape index (κ3) is 4.40. The Kier molecular flexibility index (Phi) is 5.78. The maximum atomic E-state index is 13.2. The lowest BCUT2D eigenvalue weighted by molar-refractivity contribution is -0.146. The second kappa shape index (κ2) is 7.75. The Morgan fingerprint density at radius 3 is 2.47 bits per heavy atom. The summed E-state index contributed by atoms with van der Waals surface area (Å²) in [5.74, 6) is -0.335. The van der Waals surface area contributed by atoms with Crippen LogP contribution in [0, 0.1) is 16.7 Å². The van der Waals surface area contributed by atoms with Gasteiger partial charge in [-0.3, -0.25) is 4.79 Å². The number of halogens is 1. The van der Waals surface area contributed by atoms with Gasteiger partial charge in [-0.25, -0.2) is 13.2 Å². The highest BCUT2D eigenvalue weighted by molar-refractivity contribution is 7.92. The fourth-order valence-corrected chi connectivity index (χ4v) is 5.54. The van der Waals surface area contributed by atoms with Gasteiger partial charge in [-0.05, 0) is 25.0 Å². The lowest BCUT2D eigenvalue weighted by Gasteiger charge is -2.30. The number of nitrogens with one attached hydrogen (secondary N) is 1. The Balaban J connectivity index is 1.85. The van der Waals surface area contributed by atoms with Crippen molar-refractivity contribution < 1.29 is 22.7 Å². The molecule has 1 saturated carbocycles. The molecule has 0 bridgehead atoms. The molecule has 3 rings (SSSR count). The molecule has 1 aliphatic heterocycles. The van der Waals surface area contributed by atoms with Gasteiger partial charge in [0.2, 0.25) is 5.91 Å². The van der Waals surface area contributed by atoms with Crippen LogP contribution < -0.4 is 5.32 Å². The first kappa shape index (κ1) is 22.4. The molecule has 1 aliphatic carbocycles. The summed E-state index contributed by atoms with van der Waals surface area (Å²) in [5.41, 5.74) is -1.73. The first-order valence-electron chi connectivity index (χ1n) is 9.59. The van der Waals surface area contributed by atoms with Crippen molar-refractivity contribution in [3.63, 3.8) is 0 Å². The van der Waals surface area contributed by atoms with Crippen molar-refractivity contribution in [2.24, 2.45) is 5.41 Å². The van der Waals surface area contributed by atoms with E-state index in [0.717, 1.165) is 0 Å². The number of likely N-dealkylation sites (tertiary alicyclic amines) is 1. The van der Waals surface area contributed by atoms with Gasteiger partial charge in [0.05, 0.1) is 21.2 Å². The van der Waals surface area contributed by atoms with Gasteiger partial charge in [0.25, 0.3) is 0 Å². The number of rotatable bonds is 4. The van der Waals surface area contributed by atoms with Gasteiger partial charge in [0.1, 0.15) is 5.54 Å². The molecule has 0 unspecified atom stereocenters. The van der Waals surface area contributed by atoms with Crippen molar-refractivity contribution in [1.29, 1.82) is 5.26 Å². The van der Waals surface area contributed by atoms with Crippen LogP contribution in [0.15, 0.2) is 29.2 Å². The lowest BCUT2D eigenvalue weighted by Crippen LogP contribution is -2.47. The van der Waals surface area contributed by atoms with Crippen LogP contribution in [0.3, 0.4) is 0 Å². The third-order valence-corrected chi connectivity index (χ3v) is 7.88. The molecule has 10 heteroatoms. The second-order valence-electron chi connectivity index (χ2n) is 8.72. The Morgan fingerprint density at radius 1 is 1.30 bits per heavy atom. The predicted molar refractivity (Wildman–Crippen MR) is 109 cm³/mol. The fraction of sp³-hybridized carbons (Fsp3) is 0.550. The van der Waals surface area contributed by atoms with Gasteiger partial charge in [-0.1, -0.05) is 44.5 Å². The van der Waals surface area contributed by atoms with E-state index in [-0.39, 0.29) is 28.8 Å². The van der Waals surface area contributed by atoms with Gasteiger partial charge in [0, 0.05) is 18.4 Å². The quantitative estimate of drug-likeness (QED) is 0.749. The molecule has 2 aliphatic rings. The number of amides is 2. The van der Waals surface area contributed by atoms with E-state index in [1.54, 1.807) is 32.9 Å². The standard InChI is InChI=1S/C20H24ClN3O5S/c1-19(2,3)17(25)24-11-13(30(27,28)15-7-5-4-6-14(15)21)10-16(24)29-18(26)23-20(12-22)8-9-20/h4-7,13,16H,8-11H2,1-3H3,(H,23,26)/t13-,16+/m1/s1. The van der Waals surface area contributed by atoms with Crippen LogP contribution in [0.2, 0.25) is 5.02 Å². The maximum Gasteiger partial charge on any atom is 0.410 e. The summed E-state index contributed by atoms with van der Waals surface area (Å²) in [6.45, 7) is 5.00. The van der Waals surface area contributed by atoms with E-state index in [4.69, 9.17) is 21.6 Å². The summed E-state index contributed by atoms with van der Waals surface area (Å²) < 4.78 is 31.8. The topological polar surface area (TPSA) is 117 Å². The molecule has 0 aromatic heterocycles. The number of carbonyl (C=O) groups is 2. The van der Waals surface area contributed by atoms with Gasteiger partial charge >= 0.3 is 6.09 Å². The first-order valence-corrected chi connectivity index (χ1v) is 11.5. The Labute approximate surface area is 181 Å². The smallest absolute Gasteiger partial charge is 0.410 e. The van der Waals surface area contributed by atoms with Crippen molar-refractivity contribution in [3.05, 3.63) is 29.3 Å². The molecular weight excluding hydrogens is 430 g/mol. The Hall–Kier alpha value is -2.31. The van der Waals surface area contributed by atoms with Gasteiger partial charge in [-0.15, -0.1) is 0 Å². The molecule has 1 aromatic rings. The van der Waals surface area contributed by atoms with E-state index in [1.165, 1.54) is 17.0 Å². The minimum Gasteiger partial charge on any atom is -0.425 e. The van der Waals surface area contributed by atoms with E-state index >= 15 is 0 Å². The van der Waals surface area contributed by atoms with E-state index in [0.29, 0.717) is 12.8 Å². The summed E-state index contributed by atoms with van der Waals surface area (Å²) in [5, 5.41) is 10.8. The molecule has 2 amide bonds. The number of nitrogens with zero attached hydrogens (tertiary/aromatic N) is 2. The second-order valence-corrected chi connectivity index (χ2v) is 11.3. The van der Waals surface area contributed by atoms with Crippen molar-refractivity contribution in [2.75, 3.05) is 6.54 Å². The minimum absolute atomic E-state index is 0.0219. The molecule has 1 saturated heterocycles. The molecule has 1 N–H and O–H groups in total. The van der Waals surface area contributed by atoms with Crippen LogP contribution in [-0.2, 0) is 19.4 Å². The van der Waals surface area contributed by atoms with Crippen LogP contribution in [-0.4, -0.2) is 48.9 Å². The molecule has 2 fully saturated rings. The zero-order valence-corrected chi connectivity index (χ0v) is 18.6. The number of ether oxygens (including phenoxy) is 1.